The Morgan fingerprint density at radius 3 is 2.90 bits per heavy atom. The van der Waals surface area contributed by atoms with E-state index in [2.05, 4.69) is 22.6 Å². The molecule has 7 heteroatoms. The molecule has 7 nitrogen and oxygen atoms in total. The van der Waals surface area contributed by atoms with Gasteiger partial charge in [0, 0.05) is 13.1 Å². The predicted octanol–water partition coefficient (Wildman–Crippen LogP) is 1.12. The van der Waals surface area contributed by atoms with Crippen LogP contribution in [0.2, 0.25) is 0 Å². The lowest BCUT2D eigenvalue weighted by Crippen LogP contribution is -2.42. The standard InChI is InChI=1S/C14H21N3O4/c1-17-6-2-3-10(9-17)7-15-14(20)16-8-11-4-5-12(21-11)13(18)19/h4-5,10H,2-3,6-9H2,1H3,(H,18,19)(H2,15,16,20). The zero-order valence-electron chi connectivity index (χ0n) is 12.1. The second kappa shape index (κ2) is 7.12. The van der Waals surface area contributed by atoms with Crippen LogP contribution in [0.5, 0.6) is 0 Å². The van der Waals surface area contributed by atoms with Crippen molar-refractivity contribution in [3.8, 4) is 0 Å². The van der Waals surface area contributed by atoms with Crippen LogP contribution in [0.3, 0.4) is 0 Å². The fraction of sp³-hybridized carbons (Fsp3) is 0.571. The molecule has 1 fully saturated rings. The van der Waals surface area contributed by atoms with E-state index in [1.165, 1.54) is 6.07 Å². The number of amides is 2. The summed E-state index contributed by atoms with van der Waals surface area (Å²) in [5.41, 5.74) is 0. The van der Waals surface area contributed by atoms with Gasteiger partial charge in [0.15, 0.2) is 0 Å². The zero-order valence-corrected chi connectivity index (χ0v) is 12.1. The number of carboxylic acids is 1. The highest BCUT2D eigenvalue weighted by molar-refractivity contribution is 5.84. The Bertz CT molecular complexity index is 500. The molecule has 3 N–H and O–H groups in total. The van der Waals surface area contributed by atoms with E-state index >= 15 is 0 Å². The van der Waals surface area contributed by atoms with Gasteiger partial charge in [-0.15, -0.1) is 0 Å². The third-order valence-corrected chi connectivity index (χ3v) is 3.57. The van der Waals surface area contributed by atoms with Gasteiger partial charge in [-0.3, -0.25) is 0 Å². The first-order chi connectivity index (χ1) is 10.0. The van der Waals surface area contributed by atoms with Gasteiger partial charge in [-0.1, -0.05) is 0 Å². The van der Waals surface area contributed by atoms with Crippen molar-refractivity contribution in [3.63, 3.8) is 0 Å². The fourth-order valence-electron chi connectivity index (χ4n) is 2.49. The molecule has 1 aromatic rings. The smallest absolute Gasteiger partial charge is 0.371 e. The van der Waals surface area contributed by atoms with Gasteiger partial charge in [0.1, 0.15) is 5.76 Å². The van der Waals surface area contributed by atoms with Crippen molar-refractivity contribution >= 4 is 12.0 Å². The minimum Gasteiger partial charge on any atom is -0.475 e. The second-order valence-electron chi connectivity index (χ2n) is 5.41. The van der Waals surface area contributed by atoms with Crippen molar-refractivity contribution in [1.82, 2.24) is 15.5 Å². The molecule has 21 heavy (non-hydrogen) atoms. The highest BCUT2D eigenvalue weighted by Crippen LogP contribution is 2.13. The highest BCUT2D eigenvalue weighted by atomic mass is 16.4. The van der Waals surface area contributed by atoms with E-state index in [1.807, 2.05) is 0 Å². The predicted molar refractivity (Wildman–Crippen MR) is 76.1 cm³/mol. The van der Waals surface area contributed by atoms with Gasteiger partial charge < -0.3 is 25.1 Å². The molecule has 1 saturated heterocycles. The largest absolute Gasteiger partial charge is 0.475 e. The molecule has 2 heterocycles. The summed E-state index contributed by atoms with van der Waals surface area (Å²) < 4.78 is 5.06. The number of likely N-dealkylation sites (tertiary alicyclic amines) is 1. The van der Waals surface area contributed by atoms with Crippen LogP contribution in [0.15, 0.2) is 16.5 Å². The molecular weight excluding hydrogens is 274 g/mol. The molecule has 116 valence electrons. The van der Waals surface area contributed by atoms with E-state index in [0.29, 0.717) is 18.2 Å². The van der Waals surface area contributed by atoms with Crippen LogP contribution < -0.4 is 10.6 Å². The van der Waals surface area contributed by atoms with Gasteiger partial charge in [0.25, 0.3) is 0 Å². The van der Waals surface area contributed by atoms with Crippen molar-refractivity contribution < 1.29 is 19.1 Å². The summed E-state index contributed by atoms with van der Waals surface area (Å²) in [6.45, 7) is 2.94. The molecule has 2 rings (SSSR count). The minimum atomic E-state index is -1.12. The maximum atomic E-state index is 11.7. The lowest BCUT2D eigenvalue weighted by Gasteiger charge is -2.29. The van der Waals surface area contributed by atoms with Gasteiger partial charge >= 0.3 is 12.0 Å². The monoisotopic (exact) mass is 295 g/mol. The van der Waals surface area contributed by atoms with Crippen LogP contribution in [0, 0.1) is 5.92 Å². The Morgan fingerprint density at radius 2 is 2.24 bits per heavy atom. The number of carbonyl (C=O) groups excluding carboxylic acids is 1. The molecule has 0 bridgehead atoms. The lowest BCUT2D eigenvalue weighted by molar-refractivity contribution is 0.0660. The summed E-state index contributed by atoms with van der Waals surface area (Å²) in [4.78, 5) is 24.6. The average molecular weight is 295 g/mol. The van der Waals surface area contributed by atoms with E-state index < -0.39 is 5.97 Å². The molecular formula is C14H21N3O4. The Labute approximate surface area is 123 Å². The number of urea groups is 1. The fourth-order valence-corrected chi connectivity index (χ4v) is 2.49. The summed E-state index contributed by atoms with van der Waals surface area (Å²) in [6, 6.07) is 2.64. The van der Waals surface area contributed by atoms with Crippen LogP contribution in [-0.2, 0) is 6.54 Å². The number of carboxylic acid groups (broad SMARTS) is 1. The van der Waals surface area contributed by atoms with E-state index in [4.69, 9.17) is 9.52 Å². The van der Waals surface area contributed by atoms with Crippen molar-refractivity contribution in [2.75, 3.05) is 26.7 Å². The topological polar surface area (TPSA) is 94.8 Å². The Kier molecular flexibility index (Phi) is 5.21. The molecule has 1 unspecified atom stereocenters. The molecule has 1 aliphatic rings. The van der Waals surface area contributed by atoms with E-state index in [1.54, 1.807) is 6.07 Å². The number of piperidine rings is 1. The van der Waals surface area contributed by atoms with Crippen molar-refractivity contribution in [3.05, 3.63) is 23.7 Å². The first kappa shape index (κ1) is 15.4. The van der Waals surface area contributed by atoms with Crippen molar-refractivity contribution in [2.45, 2.75) is 19.4 Å². The van der Waals surface area contributed by atoms with E-state index in [9.17, 15) is 9.59 Å². The maximum Gasteiger partial charge on any atom is 0.371 e. The average Bonchev–Trinajstić information content (AvgIpc) is 2.92. The molecule has 1 aliphatic heterocycles. The Morgan fingerprint density at radius 1 is 1.43 bits per heavy atom. The van der Waals surface area contributed by atoms with Gasteiger partial charge in [-0.2, -0.15) is 0 Å². The van der Waals surface area contributed by atoms with Crippen LogP contribution in [-0.4, -0.2) is 48.7 Å². The second-order valence-corrected chi connectivity index (χ2v) is 5.41. The summed E-state index contributed by atoms with van der Waals surface area (Å²) in [5, 5.41) is 14.2. The first-order valence-electron chi connectivity index (χ1n) is 7.07. The molecule has 0 saturated carbocycles. The summed E-state index contributed by atoms with van der Waals surface area (Å²) >= 11 is 0. The van der Waals surface area contributed by atoms with E-state index in [-0.39, 0.29) is 18.3 Å². The maximum absolute atomic E-state index is 11.7. The highest BCUT2D eigenvalue weighted by Gasteiger charge is 2.17. The summed E-state index contributed by atoms with van der Waals surface area (Å²) in [6.07, 6.45) is 2.29. The van der Waals surface area contributed by atoms with Crippen molar-refractivity contribution in [2.24, 2.45) is 5.92 Å². The molecule has 0 aromatic carbocycles. The van der Waals surface area contributed by atoms with Gasteiger partial charge in [0.2, 0.25) is 5.76 Å². The number of furan rings is 1. The first-order valence-corrected chi connectivity index (χ1v) is 7.07. The normalized spacial score (nSPS) is 19.2. The zero-order chi connectivity index (χ0) is 15.2. The Balaban J connectivity index is 1.68. The number of hydrogen-bond acceptors (Lipinski definition) is 4. The van der Waals surface area contributed by atoms with E-state index in [0.717, 1.165) is 25.9 Å². The number of aromatic carboxylic acids is 1. The summed E-state index contributed by atoms with van der Waals surface area (Å²) in [7, 11) is 2.09. The molecule has 1 atom stereocenters. The van der Waals surface area contributed by atoms with Gasteiger partial charge in [-0.05, 0) is 44.5 Å². The van der Waals surface area contributed by atoms with Crippen LogP contribution >= 0.6 is 0 Å². The van der Waals surface area contributed by atoms with Crippen LogP contribution in [0.25, 0.3) is 0 Å². The third kappa shape index (κ3) is 4.78. The number of hydrogen-bond donors (Lipinski definition) is 3. The SMILES string of the molecule is CN1CCCC(CNC(=O)NCc2ccc(C(=O)O)o2)C1. The summed E-state index contributed by atoms with van der Waals surface area (Å²) in [5.74, 6) is -0.346. The number of nitrogens with zero attached hydrogens (tertiary/aromatic N) is 1. The van der Waals surface area contributed by atoms with Crippen LogP contribution in [0.1, 0.15) is 29.2 Å². The number of nitrogens with one attached hydrogen (secondary N) is 2. The third-order valence-electron chi connectivity index (χ3n) is 3.57. The van der Waals surface area contributed by atoms with Gasteiger partial charge in [-0.25, -0.2) is 9.59 Å². The number of carbonyl (C=O) groups is 2. The number of rotatable bonds is 5. The lowest BCUT2D eigenvalue weighted by atomic mass is 9.99. The molecule has 0 aliphatic carbocycles. The molecule has 1 aromatic heterocycles. The quantitative estimate of drug-likeness (QED) is 0.756. The minimum absolute atomic E-state index is 0.127. The van der Waals surface area contributed by atoms with Crippen molar-refractivity contribution in [1.29, 1.82) is 0 Å². The van der Waals surface area contributed by atoms with Gasteiger partial charge in [0.05, 0.1) is 6.54 Å². The molecule has 0 spiro atoms. The molecule has 0 radical (unpaired) electrons. The Hall–Kier alpha value is -2.02. The molecule has 2 amide bonds. The van der Waals surface area contributed by atoms with Crippen LogP contribution in [0.4, 0.5) is 4.79 Å².